The fourth-order valence-corrected chi connectivity index (χ4v) is 1.16. The van der Waals surface area contributed by atoms with Crippen LogP contribution in [0.5, 0.6) is 5.75 Å². The van der Waals surface area contributed by atoms with Crippen LogP contribution in [0, 0.1) is 17.1 Å². The van der Waals surface area contributed by atoms with E-state index in [0.29, 0.717) is 17.9 Å². The van der Waals surface area contributed by atoms with Crippen LogP contribution < -0.4 is 10.1 Å². The van der Waals surface area contributed by atoms with E-state index in [4.69, 9.17) is 10.00 Å². The van der Waals surface area contributed by atoms with Crippen LogP contribution in [-0.4, -0.2) is 13.2 Å². The highest BCUT2D eigenvalue weighted by Crippen LogP contribution is 2.21. The van der Waals surface area contributed by atoms with E-state index in [1.54, 1.807) is 0 Å². The van der Waals surface area contributed by atoms with E-state index in [0.717, 1.165) is 0 Å². The lowest BCUT2D eigenvalue weighted by atomic mass is 10.2. The number of nitrogens with one attached hydrogen (secondary N) is 1. The van der Waals surface area contributed by atoms with E-state index in [2.05, 4.69) is 5.32 Å². The van der Waals surface area contributed by atoms with Crippen LogP contribution in [-0.2, 0) is 0 Å². The fraction of sp³-hybridized carbons (Fsp3) is 0.364. The van der Waals surface area contributed by atoms with Crippen molar-refractivity contribution in [2.45, 2.75) is 19.4 Å². The van der Waals surface area contributed by atoms with Crippen molar-refractivity contribution >= 4 is 5.69 Å². The lowest BCUT2D eigenvalue weighted by Gasteiger charge is -2.12. The number of halogens is 1. The van der Waals surface area contributed by atoms with Gasteiger partial charge >= 0.3 is 0 Å². The summed E-state index contributed by atoms with van der Waals surface area (Å²) in [6.07, 6.45) is 0.618. The van der Waals surface area contributed by atoms with E-state index < -0.39 is 0 Å². The Kier molecular flexibility index (Phi) is 3.92. The molecule has 1 aromatic rings. The summed E-state index contributed by atoms with van der Waals surface area (Å²) in [7, 11) is 1.51. The minimum atomic E-state index is -0.385. The molecule has 4 heteroatoms. The van der Waals surface area contributed by atoms with Crippen LogP contribution in [0.1, 0.15) is 13.3 Å². The van der Waals surface area contributed by atoms with E-state index in [9.17, 15) is 4.39 Å². The molecule has 1 N–H and O–H groups in total. The first-order valence-electron chi connectivity index (χ1n) is 4.71. The minimum Gasteiger partial charge on any atom is -0.497 e. The predicted octanol–water partition coefficient (Wildman–Crippen LogP) is 2.55. The van der Waals surface area contributed by atoms with Crippen LogP contribution in [0.15, 0.2) is 18.2 Å². The SMILES string of the molecule is CCC(C#N)Nc1cc(OC)ccc1F. The average Bonchev–Trinajstić information content (AvgIpc) is 2.28. The zero-order chi connectivity index (χ0) is 11.3. The van der Waals surface area contributed by atoms with Gasteiger partial charge in [-0.1, -0.05) is 6.92 Å². The molecule has 80 valence electrons. The van der Waals surface area contributed by atoms with E-state index in [1.807, 2.05) is 13.0 Å². The van der Waals surface area contributed by atoms with Gasteiger partial charge in [-0.2, -0.15) is 5.26 Å². The number of benzene rings is 1. The number of ether oxygens (including phenoxy) is 1. The second kappa shape index (κ2) is 5.20. The number of methoxy groups -OCH3 is 1. The van der Waals surface area contributed by atoms with Crippen molar-refractivity contribution in [1.29, 1.82) is 5.26 Å². The molecule has 0 aromatic heterocycles. The second-order valence-corrected chi connectivity index (χ2v) is 3.08. The summed E-state index contributed by atoms with van der Waals surface area (Å²) in [6.45, 7) is 1.86. The second-order valence-electron chi connectivity index (χ2n) is 3.08. The van der Waals surface area contributed by atoms with Gasteiger partial charge in [0.15, 0.2) is 0 Å². The summed E-state index contributed by atoms with van der Waals surface area (Å²) in [4.78, 5) is 0. The van der Waals surface area contributed by atoms with Crippen molar-refractivity contribution in [3.63, 3.8) is 0 Å². The summed E-state index contributed by atoms with van der Waals surface area (Å²) >= 11 is 0. The first kappa shape index (κ1) is 11.3. The van der Waals surface area contributed by atoms with Crippen LogP contribution in [0.3, 0.4) is 0 Å². The van der Waals surface area contributed by atoms with Gasteiger partial charge in [-0.25, -0.2) is 4.39 Å². The van der Waals surface area contributed by atoms with Crippen molar-refractivity contribution in [3.8, 4) is 11.8 Å². The Bertz CT molecular complexity index is 373. The molecule has 1 unspecified atom stereocenters. The first-order chi connectivity index (χ1) is 7.21. The maximum Gasteiger partial charge on any atom is 0.146 e. The minimum absolute atomic E-state index is 0.294. The number of nitriles is 1. The number of anilines is 1. The molecule has 1 aromatic carbocycles. The highest BCUT2D eigenvalue weighted by molar-refractivity contribution is 5.51. The summed E-state index contributed by atoms with van der Waals surface area (Å²) in [6, 6.07) is 6.05. The Morgan fingerprint density at radius 3 is 2.87 bits per heavy atom. The fourth-order valence-electron chi connectivity index (χ4n) is 1.16. The Labute approximate surface area is 88.5 Å². The van der Waals surface area contributed by atoms with Gasteiger partial charge in [-0.05, 0) is 18.6 Å². The lowest BCUT2D eigenvalue weighted by molar-refractivity contribution is 0.414. The molecule has 0 bridgehead atoms. The third kappa shape index (κ3) is 2.84. The summed E-state index contributed by atoms with van der Waals surface area (Å²) in [5.74, 6) is 0.177. The van der Waals surface area contributed by atoms with Crippen molar-refractivity contribution < 1.29 is 9.13 Å². The Balaban J connectivity index is 2.88. The summed E-state index contributed by atoms with van der Waals surface area (Å²) in [5, 5.41) is 11.5. The van der Waals surface area contributed by atoms with Crippen LogP contribution >= 0.6 is 0 Å². The molecule has 15 heavy (non-hydrogen) atoms. The molecule has 0 spiro atoms. The standard InChI is InChI=1S/C11H13FN2O/c1-3-8(7-13)14-11-6-9(15-2)4-5-10(11)12/h4-6,8,14H,3H2,1-2H3. The van der Waals surface area contributed by atoms with E-state index in [1.165, 1.54) is 25.3 Å². The van der Waals surface area contributed by atoms with E-state index >= 15 is 0 Å². The number of rotatable bonds is 4. The smallest absolute Gasteiger partial charge is 0.146 e. The topological polar surface area (TPSA) is 45.0 Å². The maximum atomic E-state index is 13.3. The first-order valence-corrected chi connectivity index (χ1v) is 4.71. The van der Waals surface area contributed by atoms with Gasteiger partial charge in [0.2, 0.25) is 0 Å². The molecule has 0 saturated carbocycles. The quantitative estimate of drug-likeness (QED) is 0.827. The highest BCUT2D eigenvalue weighted by atomic mass is 19.1. The van der Waals surface area contributed by atoms with Crippen molar-refractivity contribution in [3.05, 3.63) is 24.0 Å². The Hall–Kier alpha value is -1.76. The molecule has 0 radical (unpaired) electrons. The van der Waals surface area contributed by atoms with Crippen LogP contribution in [0.2, 0.25) is 0 Å². The molecule has 0 aliphatic heterocycles. The third-order valence-electron chi connectivity index (χ3n) is 2.07. The molecule has 3 nitrogen and oxygen atoms in total. The molecule has 0 aliphatic rings. The molecule has 0 fully saturated rings. The van der Waals surface area contributed by atoms with E-state index in [-0.39, 0.29) is 11.9 Å². The summed E-state index contributed by atoms with van der Waals surface area (Å²) in [5.41, 5.74) is 0.294. The number of nitrogens with zero attached hydrogens (tertiary/aromatic N) is 1. The molecule has 1 rings (SSSR count). The van der Waals surface area contributed by atoms with Gasteiger partial charge in [0.1, 0.15) is 17.6 Å². The zero-order valence-electron chi connectivity index (χ0n) is 8.75. The molecular formula is C11H13FN2O. The Morgan fingerprint density at radius 1 is 1.60 bits per heavy atom. The van der Waals surface area contributed by atoms with Gasteiger partial charge in [0.25, 0.3) is 0 Å². The average molecular weight is 208 g/mol. The molecule has 1 atom stereocenters. The normalized spacial score (nSPS) is 11.6. The number of hydrogen-bond donors (Lipinski definition) is 1. The Morgan fingerprint density at radius 2 is 2.33 bits per heavy atom. The molecule has 0 aliphatic carbocycles. The van der Waals surface area contributed by atoms with Crippen molar-refractivity contribution in [2.75, 3.05) is 12.4 Å². The van der Waals surface area contributed by atoms with Gasteiger partial charge in [0, 0.05) is 6.07 Å². The van der Waals surface area contributed by atoms with Crippen LogP contribution in [0.25, 0.3) is 0 Å². The molecule has 0 amide bonds. The molecule has 0 saturated heterocycles. The zero-order valence-corrected chi connectivity index (χ0v) is 8.75. The highest BCUT2D eigenvalue weighted by Gasteiger charge is 2.08. The van der Waals surface area contributed by atoms with Crippen molar-refractivity contribution in [2.24, 2.45) is 0 Å². The van der Waals surface area contributed by atoms with Gasteiger partial charge in [-0.3, -0.25) is 0 Å². The third-order valence-corrected chi connectivity index (χ3v) is 2.07. The number of hydrogen-bond acceptors (Lipinski definition) is 3. The van der Waals surface area contributed by atoms with Gasteiger partial charge in [0.05, 0.1) is 18.9 Å². The maximum absolute atomic E-state index is 13.3. The van der Waals surface area contributed by atoms with Crippen LogP contribution in [0.4, 0.5) is 10.1 Å². The van der Waals surface area contributed by atoms with Gasteiger partial charge < -0.3 is 10.1 Å². The molecular weight excluding hydrogens is 195 g/mol. The lowest BCUT2D eigenvalue weighted by Crippen LogP contribution is -2.16. The molecule has 0 heterocycles. The summed E-state index contributed by atoms with van der Waals surface area (Å²) < 4.78 is 18.3. The predicted molar refractivity (Wildman–Crippen MR) is 56.3 cm³/mol. The monoisotopic (exact) mass is 208 g/mol. The van der Waals surface area contributed by atoms with Crippen molar-refractivity contribution in [1.82, 2.24) is 0 Å². The largest absolute Gasteiger partial charge is 0.497 e. The van der Waals surface area contributed by atoms with Gasteiger partial charge in [-0.15, -0.1) is 0 Å².